The smallest absolute Gasteiger partial charge is 0.252 e. The summed E-state index contributed by atoms with van der Waals surface area (Å²) in [7, 11) is 5.65. The van der Waals surface area contributed by atoms with Gasteiger partial charge in [-0.2, -0.15) is 5.10 Å². The molecule has 1 atom stereocenters. The molecule has 4 rings (SSSR count). The van der Waals surface area contributed by atoms with Crippen molar-refractivity contribution >= 4 is 16.9 Å². The fraction of sp³-hybridized carbons (Fsp3) is 0.269. The van der Waals surface area contributed by atoms with Gasteiger partial charge in [0.2, 0.25) is 0 Å². The van der Waals surface area contributed by atoms with Gasteiger partial charge in [0, 0.05) is 24.2 Å². The lowest BCUT2D eigenvalue weighted by Crippen LogP contribution is -2.34. The van der Waals surface area contributed by atoms with Crippen LogP contribution in [-0.2, 0) is 6.54 Å². The monoisotopic (exact) mass is 443 g/mol. The summed E-state index contributed by atoms with van der Waals surface area (Å²) in [6.45, 7) is 3.11. The first-order valence-corrected chi connectivity index (χ1v) is 11.0. The Kier molecular flexibility index (Phi) is 6.70. The molecular formula is C26H29N5O2. The van der Waals surface area contributed by atoms with Crippen LogP contribution in [0.2, 0.25) is 0 Å². The van der Waals surface area contributed by atoms with Gasteiger partial charge in [0.15, 0.2) is 5.65 Å². The summed E-state index contributed by atoms with van der Waals surface area (Å²) in [5.74, 6) is 0.643. The Labute approximate surface area is 194 Å². The third kappa shape index (κ3) is 4.59. The average Bonchev–Trinajstić information content (AvgIpc) is 3.27. The minimum Gasteiger partial charge on any atom is -0.496 e. The molecule has 0 bridgehead atoms. The molecule has 7 nitrogen and oxygen atoms in total. The predicted octanol–water partition coefficient (Wildman–Crippen LogP) is 4.16. The standard InChI is InChI=1S/C26H29N5O2/c1-5-31-25-21(16-28-31)20(15-22(29-25)18-11-7-6-8-12-18)26(32)27-17-23(30(2)3)19-13-9-10-14-24(19)33-4/h6-16,23H,5,17H2,1-4H3,(H,27,32). The van der Waals surface area contributed by atoms with E-state index < -0.39 is 0 Å². The number of benzene rings is 2. The molecular weight excluding hydrogens is 414 g/mol. The predicted molar refractivity (Wildman–Crippen MR) is 130 cm³/mol. The molecule has 33 heavy (non-hydrogen) atoms. The number of fused-ring (bicyclic) bond motifs is 1. The molecule has 0 aliphatic rings. The van der Waals surface area contributed by atoms with Gasteiger partial charge in [-0.25, -0.2) is 9.67 Å². The minimum atomic E-state index is -0.156. The number of carbonyl (C=O) groups is 1. The van der Waals surface area contributed by atoms with Crippen molar-refractivity contribution in [3.63, 3.8) is 0 Å². The highest BCUT2D eigenvalue weighted by Gasteiger charge is 2.21. The van der Waals surface area contributed by atoms with Crippen molar-refractivity contribution in [2.75, 3.05) is 27.7 Å². The van der Waals surface area contributed by atoms with E-state index >= 15 is 0 Å². The first kappa shape index (κ1) is 22.5. The number of pyridine rings is 1. The van der Waals surface area contributed by atoms with E-state index in [1.807, 2.05) is 86.4 Å². The maximum absolute atomic E-state index is 13.4. The Hall–Kier alpha value is -3.71. The van der Waals surface area contributed by atoms with Crippen molar-refractivity contribution in [1.82, 2.24) is 25.0 Å². The van der Waals surface area contributed by atoms with Crippen LogP contribution < -0.4 is 10.1 Å². The van der Waals surface area contributed by atoms with E-state index in [1.165, 1.54) is 0 Å². The van der Waals surface area contributed by atoms with Crippen LogP contribution in [0.25, 0.3) is 22.3 Å². The molecule has 1 amide bonds. The molecule has 0 aliphatic carbocycles. The van der Waals surface area contributed by atoms with E-state index in [9.17, 15) is 4.79 Å². The van der Waals surface area contributed by atoms with Gasteiger partial charge in [-0.05, 0) is 33.2 Å². The second-order valence-corrected chi connectivity index (χ2v) is 8.05. The molecule has 0 spiro atoms. The van der Waals surface area contributed by atoms with E-state index in [0.29, 0.717) is 24.3 Å². The van der Waals surface area contributed by atoms with Crippen molar-refractivity contribution in [2.24, 2.45) is 0 Å². The highest BCUT2D eigenvalue weighted by molar-refractivity contribution is 6.06. The van der Waals surface area contributed by atoms with Crippen LogP contribution in [0.15, 0.2) is 66.9 Å². The number of carbonyl (C=O) groups excluding carboxylic acids is 1. The van der Waals surface area contributed by atoms with E-state index in [1.54, 1.807) is 13.3 Å². The van der Waals surface area contributed by atoms with Crippen LogP contribution in [-0.4, -0.2) is 53.3 Å². The summed E-state index contributed by atoms with van der Waals surface area (Å²) in [4.78, 5) is 20.3. The lowest BCUT2D eigenvalue weighted by Gasteiger charge is -2.26. The number of hydrogen-bond donors (Lipinski definition) is 1. The van der Waals surface area contributed by atoms with Gasteiger partial charge >= 0.3 is 0 Å². The van der Waals surface area contributed by atoms with Crippen LogP contribution in [0.5, 0.6) is 5.75 Å². The molecule has 2 heterocycles. The maximum atomic E-state index is 13.4. The Morgan fingerprint density at radius 3 is 2.55 bits per heavy atom. The number of amides is 1. The number of aromatic nitrogens is 3. The van der Waals surface area contributed by atoms with Crippen molar-refractivity contribution in [2.45, 2.75) is 19.5 Å². The summed E-state index contributed by atoms with van der Waals surface area (Å²) >= 11 is 0. The Morgan fingerprint density at radius 1 is 1.12 bits per heavy atom. The molecule has 2 aromatic heterocycles. The van der Waals surface area contributed by atoms with Crippen molar-refractivity contribution in [1.29, 1.82) is 0 Å². The number of methoxy groups -OCH3 is 1. The number of ether oxygens (including phenoxy) is 1. The van der Waals surface area contributed by atoms with Gasteiger partial charge in [0.25, 0.3) is 5.91 Å². The highest BCUT2D eigenvalue weighted by Crippen LogP contribution is 2.28. The van der Waals surface area contributed by atoms with Crippen LogP contribution >= 0.6 is 0 Å². The van der Waals surface area contributed by atoms with Gasteiger partial charge in [0.1, 0.15) is 5.75 Å². The topological polar surface area (TPSA) is 72.3 Å². The normalized spacial score (nSPS) is 12.2. The zero-order valence-corrected chi connectivity index (χ0v) is 19.4. The summed E-state index contributed by atoms with van der Waals surface area (Å²) in [5, 5.41) is 8.31. The average molecular weight is 444 g/mol. The number of likely N-dealkylation sites (N-methyl/N-ethyl adjacent to an activating group) is 1. The van der Waals surface area contributed by atoms with E-state index in [2.05, 4.69) is 15.3 Å². The molecule has 1 unspecified atom stereocenters. The third-order valence-corrected chi connectivity index (χ3v) is 5.80. The molecule has 4 aromatic rings. The van der Waals surface area contributed by atoms with Gasteiger partial charge in [-0.3, -0.25) is 4.79 Å². The van der Waals surface area contributed by atoms with E-state index in [-0.39, 0.29) is 11.9 Å². The quantitative estimate of drug-likeness (QED) is 0.443. The second-order valence-electron chi connectivity index (χ2n) is 8.05. The van der Waals surface area contributed by atoms with E-state index in [0.717, 1.165) is 28.0 Å². The number of rotatable bonds is 8. The van der Waals surface area contributed by atoms with Gasteiger partial charge in [0.05, 0.1) is 36.0 Å². The lowest BCUT2D eigenvalue weighted by molar-refractivity contribution is 0.0943. The second kappa shape index (κ2) is 9.83. The first-order chi connectivity index (χ1) is 16.0. The van der Waals surface area contributed by atoms with Gasteiger partial charge < -0.3 is 15.0 Å². The van der Waals surface area contributed by atoms with Gasteiger partial charge in [-0.1, -0.05) is 48.5 Å². The fourth-order valence-electron chi connectivity index (χ4n) is 4.02. The highest BCUT2D eigenvalue weighted by atomic mass is 16.5. The summed E-state index contributed by atoms with van der Waals surface area (Å²) in [6.07, 6.45) is 1.72. The summed E-state index contributed by atoms with van der Waals surface area (Å²) < 4.78 is 7.36. The van der Waals surface area contributed by atoms with Crippen LogP contribution in [0.3, 0.4) is 0 Å². The zero-order chi connectivity index (χ0) is 23.4. The SMILES string of the molecule is CCn1ncc2c(C(=O)NCC(c3ccccc3OC)N(C)C)cc(-c3ccccc3)nc21. The number of nitrogens with zero attached hydrogens (tertiary/aromatic N) is 4. The van der Waals surface area contributed by atoms with Gasteiger partial charge in [-0.15, -0.1) is 0 Å². The molecule has 0 radical (unpaired) electrons. The van der Waals surface area contributed by atoms with Crippen LogP contribution in [0.4, 0.5) is 0 Å². The molecule has 0 saturated heterocycles. The number of aryl methyl sites for hydroxylation is 1. The summed E-state index contributed by atoms with van der Waals surface area (Å²) in [5.41, 5.74) is 4.00. The van der Waals surface area contributed by atoms with E-state index in [4.69, 9.17) is 9.72 Å². The molecule has 170 valence electrons. The largest absolute Gasteiger partial charge is 0.496 e. The molecule has 7 heteroatoms. The minimum absolute atomic E-state index is 0.0469. The lowest BCUT2D eigenvalue weighted by atomic mass is 10.0. The fourth-order valence-corrected chi connectivity index (χ4v) is 4.02. The molecule has 1 N–H and O–H groups in total. The molecule has 0 aliphatic heterocycles. The van der Waals surface area contributed by atoms with Crippen molar-refractivity contribution in [3.05, 3.63) is 78.0 Å². The Balaban J connectivity index is 1.68. The summed E-state index contributed by atoms with van der Waals surface area (Å²) in [6, 6.07) is 19.6. The van der Waals surface area contributed by atoms with Crippen LogP contribution in [0, 0.1) is 0 Å². The molecule has 0 fully saturated rings. The number of nitrogens with one attached hydrogen (secondary N) is 1. The molecule has 0 saturated carbocycles. The molecule has 2 aromatic carbocycles. The number of hydrogen-bond acceptors (Lipinski definition) is 5. The van der Waals surface area contributed by atoms with Crippen molar-refractivity contribution in [3.8, 4) is 17.0 Å². The van der Waals surface area contributed by atoms with Crippen molar-refractivity contribution < 1.29 is 9.53 Å². The zero-order valence-electron chi connectivity index (χ0n) is 19.4. The Bertz CT molecular complexity index is 1250. The van der Waals surface area contributed by atoms with Crippen LogP contribution in [0.1, 0.15) is 28.9 Å². The number of para-hydroxylation sites is 1. The maximum Gasteiger partial charge on any atom is 0.252 e. The third-order valence-electron chi connectivity index (χ3n) is 5.80. The Morgan fingerprint density at radius 2 is 1.85 bits per heavy atom. The first-order valence-electron chi connectivity index (χ1n) is 11.0.